The molecule has 0 bridgehead atoms. The van der Waals surface area contributed by atoms with Crippen molar-refractivity contribution in [3.8, 4) is 0 Å². The molecule has 6 heteroatoms. The summed E-state index contributed by atoms with van der Waals surface area (Å²) < 4.78 is 22.5. The first-order valence-electron chi connectivity index (χ1n) is 6.25. The Kier molecular flexibility index (Phi) is 5.61. The fraction of sp³-hybridized carbons (Fsp3) is 1.00. The number of likely N-dealkylation sites (N-methyl/N-ethyl adjacent to an activating group) is 1. The highest BCUT2D eigenvalue weighted by Gasteiger charge is 2.28. The molecule has 0 amide bonds. The molecule has 17 heavy (non-hydrogen) atoms. The minimum atomic E-state index is -3.86. The zero-order chi connectivity index (χ0) is 12.9. The highest BCUT2D eigenvalue weighted by molar-refractivity contribution is 7.47. The fourth-order valence-corrected chi connectivity index (χ4v) is 2.78. The molecule has 1 aliphatic rings. The average molecular weight is 266 g/mol. The number of phosphoric acid groups is 1. The number of phosphoric ester groups is 1. The molecule has 0 aromatic rings. The van der Waals surface area contributed by atoms with Gasteiger partial charge in [0.15, 0.2) is 0 Å². The van der Waals surface area contributed by atoms with Gasteiger partial charge in [-0.25, -0.2) is 4.57 Å². The molecule has 0 spiro atoms. The Labute approximate surface area is 104 Å². The Balaban J connectivity index is 2.27. The molecule has 1 rings (SSSR count). The molecule has 1 fully saturated rings. The van der Waals surface area contributed by atoms with Crippen molar-refractivity contribution in [2.24, 2.45) is 0 Å². The lowest BCUT2D eigenvalue weighted by Crippen LogP contribution is -2.37. The van der Waals surface area contributed by atoms with Crippen LogP contribution in [0.25, 0.3) is 0 Å². The van der Waals surface area contributed by atoms with Crippen molar-refractivity contribution in [1.29, 1.82) is 0 Å². The second-order valence-electron chi connectivity index (χ2n) is 5.68. The molecule has 0 aromatic heterocycles. The van der Waals surface area contributed by atoms with Crippen molar-refractivity contribution < 1.29 is 23.0 Å². The van der Waals surface area contributed by atoms with Crippen LogP contribution in [0.15, 0.2) is 0 Å². The first kappa shape index (κ1) is 15.1. The third-order valence-electron chi connectivity index (χ3n) is 2.85. The predicted octanol–water partition coefficient (Wildman–Crippen LogP) is 2.16. The van der Waals surface area contributed by atoms with Crippen LogP contribution in [0.2, 0.25) is 0 Å². The largest absolute Gasteiger partial charge is 0.472 e. The first-order valence-corrected chi connectivity index (χ1v) is 7.74. The number of rotatable bonds is 6. The van der Waals surface area contributed by atoms with E-state index in [0.29, 0.717) is 11.0 Å². The second kappa shape index (κ2) is 6.30. The van der Waals surface area contributed by atoms with E-state index in [9.17, 15) is 9.46 Å². The van der Waals surface area contributed by atoms with Gasteiger partial charge in [-0.15, -0.1) is 0 Å². The molecule has 5 nitrogen and oxygen atoms in total. The van der Waals surface area contributed by atoms with Gasteiger partial charge in [0.05, 0.1) is 27.2 Å². The summed E-state index contributed by atoms with van der Waals surface area (Å²) in [5.41, 5.74) is 0. The van der Waals surface area contributed by atoms with E-state index in [4.69, 9.17) is 9.05 Å². The van der Waals surface area contributed by atoms with Gasteiger partial charge in [-0.3, -0.25) is 9.05 Å². The number of nitrogens with zero attached hydrogens (tertiary/aromatic N) is 1. The normalized spacial score (nSPS) is 22.4. The maximum absolute atomic E-state index is 11.7. The third kappa shape index (κ3) is 7.17. The van der Waals surface area contributed by atoms with Crippen LogP contribution in [0.4, 0.5) is 0 Å². The summed E-state index contributed by atoms with van der Waals surface area (Å²) in [4.78, 5) is 9.57. The molecular formula is C11H25NO4P+. The molecule has 0 aliphatic heterocycles. The van der Waals surface area contributed by atoms with Gasteiger partial charge in [0.25, 0.3) is 0 Å². The third-order valence-corrected chi connectivity index (χ3v) is 3.92. The Hall–Kier alpha value is 0.0700. The van der Waals surface area contributed by atoms with Crippen LogP contribution in [-0.4, -0.2) is 49.8 Å². The maximum atomic E-state index is 11.7. The Bertz CT molecular complexity index is 271. The van der Waals surface area contributed by atoms with Gasteiger partial charge in [0, 0.05) is 0 Å². The molecule has 0 radical (unpaired) electrons. The molecule has 1 N–H and O–H groups in total. The van der Waals surface area contributed by atoms with Crippen LogP contribution in [0.5, 0.6) is 0 Å². The average Bonchev–Trinajstić information content (AvgIpc) is 2.15. The van der Waals surface area contributed by atoms with Crippen molar-refractivity contribution in [3.05, 3.63) is 0 Å². The quantitative estimate of drug-likeness (QED) is 0.591. The van der Waals surface area contributed by atoms with Crippen molar-refractivity contribution >= 4 is 7.82 Å². The van der Waals surface area contributed by atoms with Crippen molar-refractivity contribution in [3.63, 3.8) is 0 Å². The lowest BCUT2D eigenvalue weighted by Gasteiger charge is -2.26. The van der Waals surface area contributed by atoms with Gasteiger partial charge in [-0.05, 0) is 12.8 Å². The lowest BCUT2D eigenvalue weighted by atomic mass is 9.98. The first-order chi connectivity index (χ1) is 7.79. The van der Waals surface area contributed by atoms with Crippen LogP contribution in [0, 0.1) is 0 Å². The molecular weight excluding hydrogens is 241 g/mol. The molecule has 102 valence electrons. The van der Waals surface area contributed by atoms with E-state index in [0.717, 1.165) is 25.7 Å². The van der Waals surface area contributed by atoms with E-state index in [1.807, 2.05) is 21.1 Å². The standard InChI is InChI=1S/C11H24NO4P/c1-12(2,3)9-10-15-17(13,14)16-11-7-5-4-6-8-11/h11H,4-10H2,1-3H3/p+1. The summed E-state index contributed by atoms with van der Waals surface area (Å²) in [7, 11) is 2.17. The smallest absolute Gasteiger partial charge is 0.329 e. The van der Waals surface area contributed by atoms with Gasteiger partial charge >= 0.3 is 7.82 Å². The van der Waals surface area contributed by atoms with E-state index in [1.165, 1.54) is 6.42 Å². The number of hydrogen-bond acceptors (Lipinski definition) is 3. The Morgan fingerprint density at radius 1 is 1.24 bits per heavy atom. The van der Waals surface area contributed by atoms with Crippen LogP contribution in [0.1, 0.15) is 32.1 Å². The molecule has 0 aromatic carbocycles. The number of quaternary nitrogens is 1. The summed E-state index contributed by atoms with van der Waals surface area (Å²) >= 11 is 0. The van der Waals surface area contributed by atoms with E-state index in [1.54, 1.807) is 0 Å². The molecule has 1 atom stereocenters. The second-order valence-corrected chi connectivity index (χ2v) is 7.09. The van der Waals surface area contributed by atoms with Gasteiger partial charge < -0.3 is 9.38 Å². The zero-order valence-electron chi connectivity index (χ0n) is 11.1. The number of hydrogen-bond donors (Lipinski definition) is 1. The summed E-state index contributed by atoms with van der Waals surface area (Å²) in [6.45, 7) is 0.919. The highest BCUT2D eigenvalue weighted by Crippen LogP contribution is 2.46. The predicted molar refractivity (Wildman–Crippen MR) is 66.6 cm³/mol. The maximum Gasteiger partial charge on any atom is 0.472 e. The van der Waals surface area contributed by atoms with E-state index in [2.05, 4.69) is 0 Å². The Morgan fingerprint density at radius 2 is 1.82 bits per heavy atom. The monoisotopic (exact) mass is 266 g/mol. The van der Waals surface area contributed by atoms with Crippen molar-refractivity contribution in [2.75, 3.05) is 34.3 Å². The topological polar surface area (TPSA) is 55.8 Å². The van der Waals surface area contributed by atoms with Crippen LogP contribution in [0.3, 0.4) is 0 Å². The lowest BCUT2D eigenvalue weighted by molar-refractivity contribution is -0.870. The summed E-state index contributed by atoms with van der Waals surface area (Å²) in [5, 5.41) is 0. The zero-order valence-corrected chi connectivity index (χ0v) is 12.0. The molecule has 0 heterocycles. The van der Waals surface area contributed by atoms with Gasteiger partial charge in [-0.2, -0.15) is 0 Å². The van der Waals surface area contributed by atoms with Gasteiger partial charge in [-0.1, -0.05) is 19.3 Å². The van der Waals surface area contributed by atoms with Crippen molar-refractivity contribution in [1.82, 2.24) is 0 Å². The molecule has 1 saturated carbocycles. The minimum absolute atomic E-state index is 0.108. The highest BCUT2D eigenvalue weighted by atomic mass is 31.2. The molecule has 0 saturated heterocycles. The molecule has 1 unspecified atom stereocenters. The SMILES string of the molecule is C[N+](C)(C)CCOP(=O)(O)OC1CCCCC1. The van der Waals surface area contributed by atoms with E-state index < -0.39 is 7.82 Å². The van der Waals surface area contributed by atoms with Gasteiger partial charge in [0.2, 0.25) is 0 Å². The minimum Gasteiger partial charge on any atom is -0.329 e. The van der Waals surface area contributed by atoms with Crippen LogP contribution >= 0.6 is 7.82 Å². The van der Waals surface area contributed by atoms with E-state index >= 15 is 0 Å². The summed E-state index contributed by atoms with van der Waals surface area (Å²) in [5.74, 6) is 0. The van der Waals surface area contributed by atoms with Gasteiger partial charge in [0.1, 0.15) is 13.2 Å². The van der Waals surface area contributed by atoms with Crippen molar-refractivity contribution in [2.45, 2.75) is 38.2 Å². The summed E-state index contributed by atoms with van der Waals surface area (Å²) in [6, 6.07) is 0. The van der Waals surface area contributed by atoms with Crippen LogP contribution in [-0.2, 0) is 13.6 Å². The molecule has 1 aliphatic carbocycles. The Morgan fingerprint density at radius 3 is 2.35 bits per heavy atom. The summed E-state index contributed by atoms with van der Waals surface area (Å²) in [6.07, 6.45) is 4.96. The fourth-order valence-electron chi connectivity index (χ4n) is 1.82. The van der Waals surface area contributed by atoms with Crippen LogP contribution < -0.4 is 0 Å². The van der Waals surface area contributed by atoms with E-state index in [-0.39, 0.29) is 12.7 Å².